The summed E-state index contributed by atoms with van der Waals surface area (Å²) < 4.78 is 4.66. The van der Waals surface area contributed by atoms with Crippen molar-refractivity contribution in [2.24, 2.45) is 0 Å². The number of ketones is 1. The number of allylic oxidation sites excluding steroid dienone is 2. The molecular weight excluding hydrogens is 146 g/mol. The number of hydrogen-bond acceptors (Lipinski definition) is 3. The molecule has 4 heteroatoms. The standard InChI is InChI=1S/C7H5NO3/c9-5-3-1-2-4-6(5)11-7(10)8-4/h1-3,6H,(H,8,10). The van der Waals surface area contributed by atoms with E-state index < -0.39 is 12.2 Å². The highest BCUT2D eigenvalue weighted by Crippen LogP contribution is 2.16. The zero-order valence-electron chi connectivity index (χ0n) is 5.53. The van der Waals surface area contributed by atoms with Crippen molar-refractivity contribution in [2.45, 2.75) is 6.10 Å². The lowest BCUT2D eigenvalue weighted by atomic mass is 10.1. The number of fused-ring (bicyclic) bond motifs is 1. The molecule has 1 amide bonds. The first-order valence-electron chi connectivity index (χ1n) is 3.17. The van der Waals surface area contributed by atoms with E-state index in [1.54, 1.807) is 12.2 Å². The highest BCUT2D eigenvalue weighted by Gasteiger charge is 2.34. The average Bonchev–Trinajstić information content (AvgIpc) is 2.31. The van der Waals surface area contributed by atoms with Gasteiger partial charge in [0, 0.05) is 0 Å². The molecule has 1 unspecified atom stereocenters. The van der Waals surface area contributed by atoms with Crippen LogP contribution < -0.4 is 5.32 Å². The maximum absolute atomic E-state index is 11.0. The predicted molar refractivity (Wildman–Crippen MR) is 35.6 cm³/mol. The third-order valence-corrected chi connectivity index (χ3v) is 1.55. The third kappa shape index (κ3) is 0.832. The second kappa shape index (κ2) is 1.95. The monoisotopic (exact) mass is 151 g/mol. The minimum absolute atomic E-state index is 0.194. The molecule has 4 nitrogen and oxygen atoms in total. The molecule has 2 rings (SSSR count). The Kier molecular flexibility index (Phi) is 1.09. The summed E-state index contributed by atoms with van der Waals surface area (Å²) in [6.45, 7) is 0. The van der Waals surface area contributed by atoms with Crippen molar-refractivity contribution in [3.8, 4) is 0 Å². The van der Waals surface area contributed by atoms with Gasteiger partial charge in [0.25, 0.3) is 0 Å². The van der Waals surface area contributed by atoms with Crippen molar-refractivity contribution >= 4 is 11.9 Å². The molecular formula is C7H5NO3. The maximum atomic E-state index is 11.0. The number of ether oxygens (including phenoxy) is 1. The van der Waals surface area contributed by atoms with E-state index in [4.69, 9.17) is 0 Å². The maximum Gasteiger partial charge on any atom is 0.412 e. The van der Waals surface area contributed by atoms with Crippen LogP contribution in [0.5, 0.6) is 0 Å². The lowest BCUT2D eigenvalue weighted by Gasteiger charge is -2.07. The summed E-state index contributed by atoms with van der Waals surface area (Å²) >= 11 is 0. The lowest BCUT2D eigenvalue weighted by Crippen LogP contribution is -2.22. The van der Waals surface area contributed by atoms with Gasteiger partial charge in [0.1, 0.15) is 0 Å². The molecule has 0 aromatic heterocycles. The first kappa shape index (κ1) is 6.15. The Morgan fingerprint density at radius 3 is 3.00 bits per heavy atom. The van der Waals surface area contributed by atoms with E-state index in [1.807, 2.05) is 0 Å². The summed E-state index contributed by atoms with van der Waals surface area (Å²) in [5.74, 6) is -0.194. The van der Waals surface area contributed by atoms with Gasteiger partial charge in [-0.25, -0.2) is 4.79 Å². The minimum atomic E-state index is -0.715. The van der Waals surface area contributed by atoms with E-state index in [0.29, 0.717) is 5.70 Å². The van der Waals surface area contributed by atoms with Crippen LogP contribution in [0.15, 0.2) is 23.9 Å². The molecule has 0 spiro atoms. The molecule has 1 aliphatic carbocycles. The number of hydrogen-bond donors (Lipinski definition) is 1. The van der Waals surface area contributed by atoms with E-state index in [0.717, 1.165) is 0 Å². The minimum Gasteiger partial charge on any atom is -0.431 e. The van der Waals surface area contributed by atoms with Crippen LogP contribution in [0.1, 0.15) is 0 Å². The molecule has 2 aliphatic rings. The SMILES string of the molecule is O=C1NC2=CC=CC(=O)C2O1. The molecule has 0 aromatic rings. The Bertz CT molecular complexity index is 290. The van der Waals surface area contributed by atoms with Crippen LogP contribution in [0.3, 0.4) is 0 Å². The second-order valence-electron chi connectivity index (χ2n) is 2.29. The molecule has 1 N–H and O–H groups in total. The molecule has 56 valence electrons. The summed E-state index contributed by atoms with van der Waals surface area (Å²) in [5.41, 5.74) is 0.530. The summed E-state index contributed by atoms with van der Waals surface area (Å²) in [5, 5.41) is 2.41. The number of alkyl carbamates (subject to hydrolysis) is 1. The van der Waals surface area contributed by atoms with Gasteiger partial charge in [-0.15, -0.1) is 0 Å². The molecule has 1 saturated heterocycles. The van der Waals surface area contributed by atoms with E-state index >= 15 is 0 Å². The number of carbonyl (C=O) groups excluding carboxylic acids is 2. The Labute approximate surface area is 62.5 Å². The van der Waals surface area contributed by atoms with Gasteiger partial charge < -0.3 is 4.74 Å². The molecule has 0 bridgehead atoms. The largest absolute Gasteiger partial charge is 0.431 e. The van der Waals surface area contributed by atoms with Gasteiger partial charge in [-0.3, -0.25) is 10.1 Å². The van der Waals surface area contributed by atoms with Crippen LogP contribution in [0.4, 0.5) is 4.79 Å². The lowest BCUT2D eigenvalue weighted by molar-refractivity contribution is -0.120. The van der Waals surface area contributed by atoms with Gasteiger partial charge in [0.05, 0.1) is 5.70 Å². The quantitative estimate of drug-likeness (QED) is 0.534. The van der Waals surface area contributed by atoms with E-state index in [9.17, 15) is 9.59 Å². The van der Waals surface area contributed by atoms with E-state index in [-0.39, 0.29) is 5.78 Å². The van der Waals surface area contributed by atoms with E-state index in [1.165, 1.54) is 6.08 Å². The highest BCUT2D eigenvalue weighted by molar-refractivity contribution is 6.00. The average molecular weight is 151 g/mol. The zero-order valence-corrected chi connectivity index (χ0v) is 5.53. The van der Waals surface area contributed by atoms with Crippen molar-refractivity contribution in [1.29, 1.82) is 0 Å². The van der Waals surface area contributed by atoms with Gasteiger partial charge in [-0.1, -0.05) is 6.08 Å². The predicted octanol–water partition coefficient (Wildman–Crippen LogP) is 0.118. The number of nitrogens with one attached hydrogen (secondary N) is 1. The molecule has 0 radical (unpaired) electrons. The first-order chi connectivity index (χ1) is 5.27. The molecule has 1 fully saturated rings. The fourth-order valence-electron chi connectivity index (χ4n) is 1.06. The van der Waals surface area contributed by atoms with Gasteiger partial charge in [0.15, 0.2) is 0 Å². The smallest absolute Gasteiger partial charge is 0.412 e. The Morgan fingerprint density at radius 1 is 1.45 bits per heavy atom. The molecule has 0 saturated carbocycles. The van der Waals surface area contributed by atoms with Crippen LogP contribution in [0.2, 0.25) is 0 Å². The van der Waals surface area contributed by atoms with Gasteiger partial charge in [-0.05, 0) is 12.2 Å². The molecule has 1 aliphatic heterocycles. The summed E-state index contributed by atoms with van der Waals surface area (Å²) in [4.78, 5) is 21.6. The van der Waals surface area contributed by atoms with Crippen molar-refractivity contribution in [3.05, 3.63) is 23.9 Å². The molecule has 11 heavy (non-hydrogen) atoms. The fraction of sp³-hybridized carbons (Fsp3) is 0.143. The molecule has 1 heterocycles. The number of rotatable bonds is 0. The fourth-order valence-corrected chi connectivity index (χ4v) is 1.06. The van der Waals surface area contributed by atoms with E-state index in [2.05, 4.69) is 10.1 Å². The zero-order chi connectivity index (χ0) is 7.84. The van der Waals surface area contributed by atoms with Crippen LogP contribution in [0.25, 0.3) is 0 Å². The van der Waals surface area contributed by atoms with Crippen LogP contribution in [-0.2, 0) is 9.53 Å². The first-order valence-corrected chi connectivity index (χ1v) is 3.17. The van der Waals surface area contributed by atoms with Gasteiger partial charge in [-0.2, -0.15) is 0 Å². The summed E-state index contributed by atoms with van der Waals surface area (Å²) in [6.07, 6.45) is 3.35. The van der Waals surface area contributed by atoms with Gasteiger partial charge >= 0.3 is 6.09 Å². The summed E-state index contributed by atoms with van der Waals surface area (Å²) in [6, 6.07) is 0. The Balaban J connectivity index is 2.35. The van der Waals surface area contributed by atoms with Crippen molar-refractivity contribution < 1.29 is 14.3 Å². The van der Waals surface area contributed by atoms with Crippen LogP contribution in [-0.4, -0.2) is 18.0 Å². The molecule has 0 aromatic carbocycles. The van der Waals surface area contributed by atoms with Crippen molar-refractivity contribution in [2.75, 3.05) is 0 Å². The van der Waals surface area contributed by atoms with Gasteiger partial charge in [0.2, 0.25) is 11.9 Å². The topological polar surface area (TPSA) is 55.4 Å². The molecule has 1 atom stereocenters. The highest BCUT2D eigenvalue weighted by atomic mass is 16.6. The number of carbonyl (C=O) groups is 2. The second-order valence-corrected chi connectivity index (χ2v) is 2.29. The Morgan fingerprint density at radius 2 is 2.27 bits per heavy atom. The Hall–Kier alpha value is -1.58. The van der Waals surface area contributed by atoms with Crippen LogP contribution >= 0.6 is 0 Å². The number of amides is 1. The van der Waals surface area contributed by atoms with Crippen molar-refractivity contribution in [3.63, 3.8) is 0 Å². The van der Waals surface area contributed by atoms with Crippen molar-refractivity contribution in [1.82, 2.24) is 5.32 Å². The third-order valence-electron chi connectivity index (χ3n) is 1.55. The normalized spacial score (nSPS) is 27.3. The summed E-state index contributed by atoms with van der Waals surface area (Å²) in [7, 11) is 0. The van der Waals surface area contributed by atoms with Crippen LogP contribution in [0, 0.1) is 0 Å².